The molecule has 1 aliphatic rings. The van der Waals surface area contributed by atoms with Crippen molar-refractivity contribution in [1.29, 1.82) is 0 Å². The quantitative estimate of drug-likeness (QED) is 0.624. The van der Waals surface area contributed by atoms with Gasteiger partial charge < -0.3 is 14.8 Å². The fourth-order valence-electron chi connectivity index (χ4n) is 3.15. The van der Waals surface area contributed by atoms with E-state index in [0.29, 0.717) is 36.1 Å². The minimum Gasteiger partial charge on any atom is -0.493 e. The lowest BCUT2D eigenvalue weighted by molar-refractivity contribution is 0.0949. The van der Waals surface area contributed by atoms with E-state index in [0.717, 1.165) is 40.8 Å². The lowest BCUT2D eigenvalue weighted by Gasteiger charge is -2.13. The zero-order chi connectivity index (χ0) is 20.9. The van der Waals surface area contributed by atoms with Crippen molar-refractivity contribution >= 4 is 17.2 Å². The van der Waals surface area contributed by atoms with Crippen LogP contribution < -0.4 is 10.1 Å². The third-order valence-electron chi connectivity index (χ3n) is 4.83. The third kappa shape index (κ3) is 5.20. The van der Waals surface area contributed by atoms with Crippen LogP contribution >= 0.6 is 11.3 Å². The Morgan fingerprint density at radius 2 is 2.17 bits per heavy atom. The van der Waals surface area contributed by atoms with Gasteiger partial charge in [-0.15, -0.1) is 11.3 Å². The molecule has 0 aliphatic carbocycles. The van der Waals surface area contributed by atoms with Crippen LogP contribution in [0.1, 0.15) is 33.0 Å². The molecule has 4 rings (SSSR count). The zero-order valence-electron chi connectivity index (χ0n) is 17.1. The van der Waals surface area contributed by atoms with Crippen LogP contribution in [-0.2, 0) is 11.3 Å². The van der Waals surface area contributed by atoms with E-state index in [1.807, 2.05) is 44.3 Å². The van der Waals surface area contributed by atoms with Crippen molar-refractivity contribution in [3.05, 3.63) is 58.4 Å². The molecule has 0 bridgehead atoms. The first-order chi connectivity index (χ1) is 14.6. The molecule has 30 heavy (non-hydrogen) atoms. The number of ether oxygens (including phenoxy) is 2. The fraction of sp³-hybridized carbons (Fsp3) is 0.364. The van der Waals surface area contributed by atoms with Crippen LogP contribution in [-0.4, -0.2) is 40.9 Å². The minimum absolute atomic E-state index is 0.193. The maximum atomic E-state index is 12.8. The van der Waals surface area contributed by atoms with Gasteiger partial charge in [-0.3, -0.25) is 4.79 Å². The number of nitrogens with zero attached hydrogens (tertiary/aromatic N) is 3. The Balaban J connectivity index is 1.52. The molecule has 1 unspecified atom stereocenters. The second kappa shape index (κ2) is 9.32. The van der Waals surface area contributed by atoms with Crippen LogP contribution in [0.4, 0.5) is 0 Å². The summed E-state index contributed by atoms with van der Waals surface area (Å²) in [5, 5.41) is 11.9. The second-order valence-corrected chi connectivity index (χ2v) is 8.65. The van der Waals surface area contributed by atoms with E-state index in [1.54, 1.807) is 17.4 Å². The predicted octanol–water partition coefficient (Wildman–Crippen LogP) is 3.56. The van der Waals surface area contributed by atoms with E-state index < -0.39 is 0 Å². The number of thiazole rings is 1. The number of hydrogen-bond donors (Lipinski definition) is 1. The van der Waals surface area contributed by atoms with Crippen molar-refractivity contribution in [3.63, 3.8) is 0 Å². The molecule has 8 heteroatoms. The number of carbonyl (C=O) groups is 1. The number of carbonyl (C=O) groups excluding carboxylic acids is 1. The lowest BCUT2D eigenvalue weighted by atomic mass is 10.1. The fourth-order valence-corrected chi connectivity index (χ4v) is 3.90. The Hall–Kier alpha value is -2.84. The van der Waals surface area contributed by atoms with Crippen molar-refractivity contribution in [2.45, 2.75) is 26.8 Å². The van der Waals surface area contributed by atoms with Crippen LogP contribution in [0.15, 0.2) is 36.5 Å². The molecule has 0 spiro atoms. The molecule has 2 aromatic heterocycles. The summed E-state index contributed by atoms with van der Waals surface area (Å²) >= 11 is 1.59. The standard InChI is InChI=1S/C22H24N4O3S/c1-14-3-4-19(26-25-14)11-23-21(27)17-7-18(22-24-10-15(2)30-22)9-20(8-17)29-13-16-5-6-28-12-16/h3-4,7-10,16H,5-6,11-13H2,1-2H3,(H,23,27). The number of aryl methyl sites for hydroxylation is 2. The van der Waals surface area contributed by atoms with Crippen LogP contribution in [0, 0.1) is 19.8 Å². The highest BCUT2D eigenvalue weighted by Gasteiger charge is 2.18. The first-order valence-electron chi connectivity index (χ1n) is 9.92. The SMILES string of the molecule is Cc1ccc(CNC(=O)c2cc(OCC3CCOC3)cc(-c3ncc(C)s3)c2)nn1. The summed E-state index contributed by atoms with van der Waals surface area (Å²) in [5.74, 6) is 0.849. The summed E-state index contributed by atoms with van der Waals surface area (Å²) in [5.41, 5.74) is 2.94. The Labute approximate surface area is 179 Å². The first-order valence-corrected chi connectivity index (χ1v) is 10.7. The monoisotopic (exact) mass is 424 g/mol. The number of nitrogens with one attached hydrogen (secondary N) is 1. The van der Waals surface area contributed by atoms with Gasteiger partial charge in [-0.25, -0.2) is 4.98 Å². The van der Waals surface area contributed by atoms with E-state index in [1.165, 1.54) is 0 Å². The topological polar surface area (TPSA) is 86.2 Å². The van der Waals surface area contributed by atoms with Gasteiger partial charge in [-0.1, -0.05) is 0 Å². The summed E-state index contributed by atoms with van der Waals surface area (Å²) in [6.45, 7) is 6.26. The van der Waals surface area contributed by atoms with Gasteiger partial charge in [0.15, 0.2) is 0 Å². The maximum Gasteiger partial charge on any atom is 0.251 e. The molecule has 3 heterocycles. The van der Waals surface area contributed by atoms with Gasteiger partial charge in [0, 0.05) is 34.7 Å². The van der Waals surface area contributed by atoms with Gasteiger partial charge in [0.25, 0.3) is 5.91 Å². The van der Waals surface area contributed by atoms with Gasteiger partial charge in [0.05, 0.1) is 31.1 Å². The zero-order valence-corrected chi connectivity index (χ0v) is 17.9. The molecule has 1 saturated heterocycles. The largest absolute Gasteiger partial charge is 0.493 e. The van der Waals surface area contributed by atoms with Gasteiger partial charge in [-0.2, -0.15) is 10.2 Å². The summed E-state index contributed by atoms with van der Waals surface area (Å²) in [6, 6.07) is 9.29. The molecular weight excluding hydrogens is 400 g/mol. The highest BCUT2D eigenvalue weighted by Crippen LogP contribution is 2.30. The smallest absolute Gasteiger partial charge is 0.251 e. The number of rotatable bonds is 7. The lowest BCUT2D eigenvalue weighted by Crippen LogP contribution is -2.23. The van der Waals surface area contributed by atoms with Crippen LogP contribution in [0.25, 0.3) is 10.6 Å². The van der Waals surface area contributed by atoms with Gasteiger partial charge >= 0.3 is 0 Å². The highest BCUT2D eigenvalue weighted by molar-refractivity contribution is 7.14. The number of hydrogen-bond acceptors (Lipinski definition) is 7. The van der Waals surface area contributed by atoms with Crippen molar-refractivity contribution in [2.24, 2.45) is 5.92 Å². The van der Waals surface area contributed by atoms with Crippen molar-refractivity contribution in [3.8, 4) is 16.3 Å². The molecule has 1 aliphatic heterocycles. The summed E-state index contributed by atoms with van der Waals surface area (Å²) in [7, 11) is 0. The van der Waals surface area contributed by atoms with Gasteiger partial charge in [0.2, 0.25) is 0 Å². The molecule has 1 fully saturated rings. The Kier molecular flexibility index (Phi) is 6.35. The van der Waals surface area contributed by atoms with Crippen molar-refractivity contribution in [1.82, 2.24) is 20.5 Å². The number of aromatic nitrogens is 3. The van der Waals surface area contributed by atoms with Crippen LogP contribution in [0.5, 0.6) is 5.75 Å². The molecule has 1 amide bonds. The highest BCUT2D eigenvalue weighted by atomic mass is 32.1. The first kappa shape index (κ1) is 20.4. The Morgan fingerprint density at radius 1 is 1.27 bits per heavy atom. The van der Waals surface area contributed by atoms with Crippen molar-refractivity contribution < 1.29 is 14.3 Å². The molecule has 0 saturated carbocycles. The molecule has 1 N–H and O–H groups in total. The van der Waals surface area contributed by atoms with Crippen molar-refractivity contribution in [2.75, 3.05) is 19.8 Å². The van der Waals surface area contributed by atoms with E-state index in [2.05, 4.69) is 20.5 Å². The van der Waals surface area contributed by atoms with Crippen LogP contribution in [0.2, 0.25) is 0 Å². The molecule has 7 nitrogen and oxygen atoms in total. The van der Waals surface area contributed by atoms with E-state index in [9.17, 15) is 4.79 Å². The summed E-state index contributed by atoms with van der Waals surface area (Å²) in [6.07, 6.45) is 2.83. The summed E-state index contributed by atoms with van der Waals surface area (Å²) < 4.78 is 11.4. The van der Waals surface area contributed by atoms with Crippen LogP contribution in [0.3, 0.4) is 0 Å². The second-order valence-electron chi connectivity index (χ2n) is 7.41. The van der Waals surface area contributed by atoms with Gasteiger partial charge in [-0.05, 0) is 50.6 Å². The molecule has 156 valence electrons. The Morgan fingerprint density at radius 3 is 2.87 bits per heavy atom. The van der Waals surface area contributed by atoms with E-state index >= 15 is 0 Å². The summed E-state index contributed by atoms with van der Waals surface area (Å²) in [4.78, 5) is 18.4. The number of amides is 1. The molecule has 1 aromatic carbocycles. The molecule has 3 aromatic rings. The van der Waals surface area contributed by atoms with E-state index in [-0.39, 0.29) is 5.91 Å². The van der Waals surface area contributed by atoms with E-state index in [4.69, 9.17) is 9.47 Å². The number of benzene rings is 1. The molecule has 0 radical (unpaired) electrons. The Bertz CT molecular complexity index is 1010. The average molecular weight is 425 g/mol. The average Bonchev–Trinajstić information content (AvgIpc) is 3.43. The molecular formula is C22H24N4O3S. The third-order valence-corrected chi connectivity index (χ3v) is 5.79. The maximum absolute atomic E-state index is 12.8. The molecule has 1 atom stereocenters. The van der Waals surface area contributed by atoms with Gasteiger partial charge in [0.1, 0.15) is 10.8 Å². The predicted molar refractivity (Wildman–Crippen MR) is 115 cm³/mol. The normalized spacial score (nSPS) is 15.9. The minimum atomic E-state index is -0.193.